The Balaban J connectivity index is 1.89. The first kappa shape index (κ1) is 15.9. The van der Waals surface area contributed by atoms with Crippen LogP contribution in [0.5, 0.6) is 0 Å². The lowest BCUT2D eigenvalue weighted by Crippen LogP contribution is -2.23. The smallest absolute Gasteiger partial charge is 0.246 e. The average molecular weight is 321 g/mol. The van der Waals surface area contributed by atoms with Crippen LogP contribution in [0.4, 0.5) is 5.69 Å². The summed E-state index contributed by atoms with van der Waals surface area (Å²) in [6, 6.07) is 13.1. The number of carbonyl (C=O) groups excluding carboxylic acids is 1. The second-order valence-corrected chi connectivity index (χ2v) is 5.69. The molecule has 1 aromatic heterocycles. The predicted octanol–water partition coefficient (Wildman–Crippen LogP) is 2.91. The maximum Gasteiger partial charge on any atom is 0.246 e. The fourth-order valence-corrected chi connectivity index (χ4v) is 2.80. The Morgan fingerprint density at radius 3 is 2.75 bits per heavy atom. The lowest BCUT2D eigenvalue weighted by molar-refractivity contribution is -0.116. The molecule has 0 saturated heterocycles. The molecule has 0 aliphatic rings. The van der Waals surface area contributed by atoms with E-state index < -0.39 is 0 Å². The number of carbonyl (C=O) groups is 1. The number of anilines is 1. The van der Waals surface area contributed by atoms with Gasteiger partial charge in [0.05, 0.1) is 11.7 Å². The third-order valence-corrected chi connectivity index (χ3v) is 4.06. The largest absolute Gasteiger partial charge is 0.324 e. The second-order valence-electron chi connectivity index (χ2n) is 5.69. The fourth-order valence-electron chi connectivity index (χ4n) is 2.80. The van der Waals surface area contributed by atoms with Crippen LogP contribution in [0.2, 0.25) is 0 Å². The van der Waals surface area contributed by atoms with Crippen LogP contribution in [0, 0.1) is 6.92 Å². The summed E-state index contributed by atoms with van der Waals surface area (Å²) in [6.45, 7) is 4.08. The molecule has 5 heteroatoms. The molecule has 0 bridgehead atoms. The monoisotopic (exact) mass is 321 g/mol. The lowest BCUT2D eigenvalue weighted by Gasteiger charge is -2.14. The van der Waals surface area contributed by atoms with E-state index in [0.29, 0.717) is 10.9 Å². The van der Waals surface area contributed by atoms with Crippen molar-refractivity contribution < 1.29 is 4.79 Å². The van der Waals surface area contributed by atoms with E-state index in [2.05, 4.69) is 17.3 Å². The van der Waals surface area contributed by atoms with Crippen molar-refractivity contribution in [3.05, 3.63) is 70.0 Å². The number of hydrogen-bond acceptors (Lipinski definition) is 3. The molecule has 0 radical (unpaired) electrons. The van der Waals surface area contributed by atoms with Gasteiger partial charge in [-0.05, 0) is 36.6 Å². The van der Waals surface area contributed by atoms with Gasteiger partial charge in [-0.25, -0.2) is 0 Å². The van der Waals surface area contributed by atoms with Crippen LogP contribution in [0.1, 0.15) is 18.1 Å². The molecule has 3 aromatic rings. The van der Waals surface area contributed by atoms with Crippen LogP contribution in [0.25, 0.3) is 10.9 Å². The zero-order valence-corrected chi connectivity index (χ0v) is 13.7. The molecule has 1 N–H and O–H groups in total. The molecule has 122 valence electrons. The molecular formula is C19H19N3O2. The van der Waals surface area contributed by atoms with Crippen LogP contribution in [-0.4, -0.2) is 15.7 Å². The summed E-state index contributed by atoms with van der Waals surface area (Å²) in [7, 11) is 0. The Morgan fingerprint density at radius 1 is 1.17 bits per heavy atom. The van der Waals surface area contributed by atoms with Crippen molar-refractivity contribution in [1.29, 1.82) is 0 Å². The van der Waals surface area contributed by atoms with Crippen molar-refractivity contribution in [2.24, 2.45) is 0 Å². The van der Waals surface area contributed by atoms with Crippen LogP contribution in [0.15, 0.2) is 53.5 Å². The summed E-state index contributed by atoms with van der Waals surface area (Å²) in [5, 5.41) is 7.64. The van der Waals surface area contributed by atoms with E-state index in [4.69, 9.17) is 0 Å². The summed E-state index contributed by atoms with van der Waals surface area (Å²) in [5.41, 5.74) is 3.49. The van der Waals surface area contributed by atoms with Gasteiger partial charge in [0.2, 0.25) is 11.3 Å². The number of hydrogen-bond donors (Lipinski definition) is 1. The van der Waals surface area contributed by atoms with Gasteiger partial charge in [0, 0.05) is 11.1 Å². The number of rotatable bonds is 4. The minimum atomic E-state index is -0.166. The highest BCUT2D eigenvalue weighted by Crippen LogP contribution is 2.21. The number of benzene rings is 2. The third kappa shape index (κ3) is 3.06. The van der Waals surface area contributed by atoms with Crippen molar-refractivity contribution in [3.63, 3.8) is 0 Å². The van der Waals surface area contributed by atoms with Crippen molar-refractivity contribution in [3.8, 4) is 0 Å². The summed E-state index contributed by atoms with van der Waals surface area (Å²) in [6.07, 6.45) is 2.09. The van der Waals surface area contributed by atoms with E-state index in [9.17, 15) is 9.59 Å². The number of aromatic nitrogens is 2. The van der Waals surface area contributed by atoms with Gasteiger partial charge in [-0.15, -0.1) is 0 Å². The first-order chi connectivity index (χ1) is 11.6. The molecule has 1 heterocycles. The number of amides is 1. The standard InChI is InChI=1S/C19H19N3O2/c1-3-14-8-6-7-13(2)19(14)21-18(24)12-22-16-10-5-4-9-15(16)17(23)11-20-22/h4-11H,3,12H2,1-2H3,(H,21,24). The number of nitrogens with zero attached hydrogens (tertiary/aromatic N) is 2. The second kappa shape index (κ2) is 6.66. The molecule has 24 heavy (non-hydrogen) atoms. The molecule has 0 atom stereocenters. The SMILES string of the molecule is CCc1cccc(C)c1NC(=O)Cn1ncc(=O)c2ccccc21. The van der Waals surface area contributed by atoms with Crippen LogP contribution < -0.4 is 10.7 Å². The molecule has 0 aliphatic carbocycles. The maximum atomic E-state index is 12.5. The highest BCUT2D eigenvalue weighted by Gasteiger charge is 2.11. The van der Waals surface area contributed by atoms with E-state index in [1.807, 2.05) is 31.2 Å². The predicted molar refractivity (Wildman–Crippen MR) is 95.2 cm³/mol. The number of para-hydroxylation sites is 2. The zero-order valence-electron chi connectivity index (χ0n) is 13.7. The molecule has 1 amide bonds. The van der Waals surface area contributed by atoms with Gasteiger partial charge >= 0.3 is 0 Å². The number of nitrogens with one attached hydrogen (secondary N) is 1. The van der Waals surface area contributed by atoms with Crippen molar-refractivity contribution >= 4 is 22.5 Å². The molecular weight excluding hydrogens is 302 g/mol. The van der Waals surface area contributed by atoms with E-state index in [1.165, 1.54) is 6.20 Å². The molecule has 2 aromatic carbocycles. The normalized spacial score (nSPS) is 10.8. The highest BCUT2D eigenvalue weighted by molar-refractivity contribution is 5.93. The zero-order chi connectivity index (χ0) is 17.1. The fraction of sp³-hybridized carbons (Fsp3) is 0.211. The number of fused-ring (bicyclic) bond motifs is 1. The van der Waals surface area contributed by atoms with E-state index in [1.54, 1.807) is 22.9 Å². The minimum Gasteiger partial charge on any atom is -0.324 e. The number of aryl methyl sites for hydroxylation is 2. The lowest BCUT2D eigenvalue weighted by atomic mass is 10.1. The molecule has 0 unspecified atom stereocenters. The van der Waals surface area contributed by atoms with Gasteiger partial charge in [-0.2, -0.15) is 5.10 Å². The Kier molecular flexibility index (Phi) is 4.42. The van der Waals surface area contributed by atoms with Crippen LogP contribution in [-0.2, 0) is 17.8 Å². The first-order valence-electron chi connectivity index (χ1n) is 7.93. The Morgan fingerprint density at radius 2 is 1.96 bits per heavy atom. The van der Waals surface area contributed by atoms with Gasteiger partial charge in [0.25, 0.3) is 0 Å². The van der Waals surface area contributed by atoms with E-state index in [-0.39, 0.29) is 17.9 Å². The summed E-state index contributed by atoms with van der Waals surface area (Å²) < 4.78 is 1.55. The van der Waals surface area contributed by atoms with Crippen molar-refractivity contribution in [2.75, 3.05) is 5.32 Å². The van der Waals surface area contributed by atoms with Crippen molar-refractivity contribution in [2.45, 2.75) is 26.8 Å². The maximum absolute atomic E-state index is 12.5. The average Bonchev–Trinajstić information content (AvgIpc) is 2.59. The minimum absolute atomic E-state index is 0.0539. The summed E-state index contributed by atoms with van der Waals surface area (Å²) in [4.78, 5) is 24.3. The highest BCUT2D eigenvalue weighted by atomic mass is 16.2. The summed E-state index contributed by atoms with van der Waals surface area (Å²) >= 11 is 0. The van der Waals surface area contributed by atoms with Gasteiger partial charge in [0.1, 0.15) is 6.54 Å². The van der Waals surface area contributed by atoms with Gasteiger partial charge < -0.3 is 5.32 Å². The van der Waals surface area contributed by atoms with Gasteiger partial charge in [0.15, 0.2) is 0 Å². The molecule has 0 saturated carbocycles. The summed E-state index contributed by atoms with van der Waals surface area (Å²) in [5.74, 6) is -0.166. The Labute approximate surface area is 139 Å². The topological polar surface area (TPSA) is 64.0 Å². The molecule has 5 nitrogen and oxygen atoms in total. The van der Waals surface area contributed by atoms with E-state index in [0.717, 1.165) is 23.2 Å². The van der Waals surface area contributed by atoms with Crippen molar-refractivity contribution in [1.82, 2.24) is 9.78 Å². The Bertz CT molecular complexity index is 960. The van der Waals surface area contributed by atoms with Crippen LogP contribution in [0.3, 0.4) is 0 Å². The first-order valence-corrected chi connectivity index (χ1v) is 7.93. The van der Waals surface area contributed by atoms with E-state index >= 15 is 0 Å². The molecule has 0 spiro atoms. The molecule has 0 fully saturated rings. The quantitative estimate of drug-likeness (QED) is 0.803. The van der Waals surface area contributed by atoms with Crippen LogP contribution >= 0.6 is 0 Å². The Hall–Kier alpha value is -2.95. The molecule has 0 aliphatic heterocycles. The third-order valence-electron chi connectivity index (χ3n) is 4.06. The van der Waals surface area contributed by atoms with Gasteiger partial charge in [-0.3, -0.25) is 14.3 Å². The van der Waals surface area contributed by atoms with Gasteiger partial charge in [-0.1, -0.05) is 37.3 Å². The molecule has 3 rings (SSSR count).